The van der Waals surface area contributed by atoms with Gasteiger partial charge in [0.15, 0.2) is 17.5 Å². The summed E-state index contributed by atoms with van der Waals surface area (Å²) >= 11 is 1.70. The van der Waals surface area contributed by atoms with Crippen LogP contribution in [0.4, 0.5) is 4.39 Å². The zero-order chi connectivity index (χ0) is 18.1. The summed E-state index contributed by atoms with van der Waals surface area (Å²) in [5.41, 5.74) is 1.08. The Morgan fingerprint density at radius 1 is 1.35 bits per heavy atom. The summed E-state index contributed by atoms with van der Waals surface area (Å²) in [4.78, 5) is 8.64. The van der Waals surface area contributed by atoms with Gasteiger partial charge in [-0.3, -0.25) is 4.99 Å². The molecule has 5 nitrogen and oxygen atoms in total. The number of rotatable bonds is 8. The molecule has 0 spiro atoms. The van der Waals surface area contributed by atoms with Gasteiger partial charge in [0.05, 0.1) is 11.6 Å². The molecule has 26 heavy (non-hydrogen) atoms. The number of thiazole rings is 1. The number of ether oxygens (including phenoxy) is 1. The molecule has 1 aromatic carbocycles. The number of benzene rings is 1. The number of para-hydroxylation sites is 1. The molecule has 0 amide bonds. The third kappa shape index (κ3) is 7.86. The lowest BCUT2D eigenvalue weighted by Gasteiger charge is -2.18. The number of guanidine groups is 1. The molecular formula is C18H26FIN4OS. The summed E-state index contributed by atoms with van der Waals surface area (Å²) in [6.07, 6.45) is 1.75. The van der Waals surface area contributed by atoms with E-state index in [0.717, 1.165) is 30.1 Å². The molecule has 0 saturated carbocycles. The molecular weight excluding hydrogens is 466 g/mol. The van der Waals surface area contributed by atoms with Crippen LogP contribution in [0.1, 0.15) is 24.0 Å². The first kappa shape index (κ1) is 22.6. The fraction of sp³-hybridized carbons (Fsp3) is 0.444. The number of hydrogen-bond donors (Lipinski definition) is 2. The second-order valence-electron chi connectivity index (χ2n) is 5.72. The molecule has 0 aliphatic rings. The van der Waals surface area contributed by atoms with Crippen molar-refractivity contribution in [3.05, 3.63) is 46.2 Å². The maximum Gasteiger partial charge on any atom is 0.191 e. The van der Waals surface area contributed by atoms with Crippen molar-refractivity contribution in [2.45, 2.75) is 32.8 Å². The Morgan fingerprint density at radius 2 is 2.12 bits per heavy atom. The summed E-state index contributed by atoms with van der Waals surface area (Å²) in [5.74, 6) is 0.618. The Kier molecular flexibility index (Phi) is 10.5. The first-order chi connectivity index (χ1) is 12.1. The van der Waals surface area contributed by atoms with Crippen LogP contribution in [0.25, 0.3) is 0 Å². The van der Waals surface area contributed by atoms with E-state index < -0.39 is 0 Å². The zero-order valence-corrected chi connectivity index (χ0v) is 18.4. The van der Waals surface area contributed by atoms with Gasteiger partial charge in [-0.2, -0.15) is 0 Å². The molecule has 1 atom stereocenters. The van der Waals surface area contributed by atoms with E-state index in [2.05, 4.69) is 26.0 Å². The number of aromatic nitrogens is 1. The highest BCUT2D eigenvalue weighted by Gasteiger charge is 2.08. The quantitative estimate of drug-likeness (QED) is 0.255. The largest absolute Gasteiger partial charge is 0.486 e. The van der Waals surface area contributed by atoms with Gasteiger partial charge in [-0.25, -0.2) is 9.37 Å². The number of halogens is 2. The third-order valence-corrected chi connectivity index (χ3v) is 4.50. The molecule has 0 radical (unpaired) electrons. The molecule has 0 bridgehead atoms. The van der Waals surface area contributed by atoms with E-state index in [0.29, 0.717) is 12.5 Å². The maximum atomic E-state index is 13.6. The van der Waals surface area contributed by atoms with Crippen molar-refractivity contribution < 1.29 is 9.13 Å². The predicted molar refractivity (Wildman–Crippen MR) is 116 cm³/mol. The van der Waals surface area contributed by atoms with Crippen LogP contribution in [0.2, 0.25) is 0 Å². The van der Waals surface area contributed by atoms with Gasteiger partial charge in [0, 0.05) is 31.1 Å². The topological polar surface area (TPSA) is 58.5 Å². The van der Waals surface area contributed by atoms with Crippen molar-refractivity contribution >= 4 is 41.3 Å². The summed E-state index contributed by atoms with van der Waals surface area (Å²) in [6.45, 7) is 5.23. The Bertz CT molecular complexity index is 695. The van der Waals surface area contributed by atoms with Crippen LogP contribution < -0.4 is 15.4 Å². The SMILES string of the molecule is CN=C(NCCCc1nc(C)cs1)NCC(C)Oc1ccccc1F.I. The molecule has 2 aromatic rings. The van der Waals surface area contributed by atoms with Crippen molar-refractivity contribution in [1.82, 2.24) is 15.6 Å². The molecule has 144 valence electrons. The highest BCUT2D eigenvalue weighted by atomic mass is 127. The highest BCUT2D eigenvalue weighted by molar-refractivity contribution is 14.0. The fourth-order valence-corrected chi connectivity index (χ4v) is 3.04. The van der Waals surface area contributed by atoms with E-state index in [4.69, 9.17) is 4.74 Å². The average Bonchev–Trinajstić information content (AvgIpc) is 3.01. The minimum absolute atomic E-state index is 0. The number of aryl methyl sites for hydroxylation is 2. The smallest absolute Gasteiger partial charge is 0.191 e. The van der Waals surface area contributed by atoms with Crippen LogP contribution in [-0.2, 0) is 6.42 Å². The van der Waals surface area contributed by atoms with Crippen LogP contribution in [0.3, 0.4) is 0 Å². The molecule has 0 saturated heterocycles. The van der Waals surface area contributed by atoms with Crippen LogP contribution in [-0.4, -0.2) is 37.2 Å². The molecule has 2 N–H and O–H groups in total. The van der Waals surface area contributed by atoms with E-state index in [9.17, 15) is 4.39 Å². The van der Waals surface area contributed by atoms with Gasteiger partial charge in [0.25, 0.3) is 0 Å². The van der Waals surface area contributed by atoms with Gasteiger partial charge in [0.1, 0.15) is 6.10 Å². The first-order valence-electron chi connectivity index (χ1n) is 8.35. The second-order valence-corrected chi connectivity index (χ2v) is 6.67. The lowest BCUT2D eigenvalue weighted by molar-refractivity contribution is 0.214. The standard InChI is InChI=1S/C18H25FN4OS.HI/c1-13-12-25-17(23-13)9-6-10-21-18(20-3)22-11-14(2)24-16-8-5-4-7-15(16)19;/h4-5,7-8,12,14H,6,9-11H2,1-3H3,(H2,20,21,22);1H. The van der Waals surface area contributed by atoms with Gasteiger partial charge in [-0.1, -0.05) is 12.1 Å². The van der Waals surface area contributed by atoms with Crippen molar-refractivity contribution in [3.8, 4) is 5.75 Å². The lowest BCUT2D eigenvalue weighted by Crippen LogP contribution is -2.42. The van der Waals surface area contributed by atoms with Crippen molar-refractivity contribution in [2.24, 2.45) is 4.99 Å². The van der Waals surface area contributed by atoms with Crippen molar-refractivity contribution in [2.75, 3.05) is 20.1 Å². The van der Waals surface area contributed by atoms with Gasteiger partial charge in [-0.15, -0.1) is 35.3 Å². The highest BCUT2D eigenvalue weighted by Crippen LogP contribution is 2.16. The van der Waals surface area contributed by atoms with Gasteiger partial charge < -0.3 is 15.4 Å². The van der Waals surface area contributed by atoms with E-state index in [1.165, 1.54) is 6.07 Å². The second kappa shape index (κ2) is 12.1. The van der Waals surface area contributed by atoms with E-state index in [1.807, 2.05) is 13.8 Å². The summed E-state index contributed by atoms with van der Waals surface area (Å²) in [5, 5.41) is 9.68. The van der Waals surface area contributed by atoms with Crippen molar-refractivity contribution in [3.63, 3.8) is 0 Å². The van der Waals surface area contributed by atoms with Crippen LogP contribution >= 0.6 is 35.3 Å². The van der Waals surface area contributed by atoms with Crippen molar-refractivity contribution in [1.29, 1.82) is 0 Å². The normalized spacial score (nSPS) is 12.2. The molecule has 1 unspecified atom stereocenters. The monoisotopic (exact) mass is 492 g/mol. The summed E-state index contributed by atoms with van der Waals surface area (Å²) in [7, 11) is 1.72. The summed E-state index contributed by atoms with van der Waals surface area (Å²) < 4.78 is 19.2. The number of nitrogens with zero attached hydrogens (tertiary/aromatic N) is 2. The Morgan fingerprint density at radius 3 is 2.77 bits per heavy atom. The van der Waals surface area contributed by atoms with E-state index >= 15 is 0 Å². The lowest BCUT2D eigenvalue weighted by atomic mass is 10.3. The average molecular weight is 492 g/mol. The Labute approximate surface area is 175 Å². The molecule has 0 aliphatic heterocycles. The Balaban J connectivity index is 0.00000338. The maximum absolute atomic E-state index is 13.6. The minimum atomic E-state index is -0.353. The number of hydrogen-bond acceptors (Lipinski definition) is 4. The summed E-state index contributed by atoms with van der Waals surface area (Å²) in [6, 6.07) is 6.41. The molecule has 8 heteroatoms. The van der Waals surface area contributed by atoms with Gasteiger partial charge in [0.2, 0.25) is 0 Å². The van der Waals surface area contributed by atoms with Gasteiger partial charge in [-0.05, 0) is 32.4 Å². The molecule has 0 fully saturated rings. The molecule has 1 aromatic heterocycles. The number of aliphatic imine (C=N–C) groups is 1. The van der Waals surface area contributed by atoms with E-state index in [-0.39, 0.29) is 41.6 Å². The Hall–Kier alpha value is -1.42. The minimum Gasteiger partial charge on any atom is -0.486 e. The van der Waals surface area contributed by atoms with Crippen LogP contribution in [0, 0.1) is 12.7 Å². The van der Waals surface area contributed by atoms with Gasteiger partial charge >= 0.3 is 0 Å². The van der Waals surface area contributed by atoms with Crippen LogP contribution in [0.5, 0.6) is 5.75 Å². The molecule has 1 heterocycles. The first-order valence-corrected chi connectivity index (χ1v) is 9.23. The van der Waals surface area contributed by atoms with E-state index in [1.54, 1.807) is 36.6 Å². The molecule has 2 rings (SSSR count). The molecule has 0 aliphatic carbocycles. The predicted octanol–water partition coefficient (Wildman–Crippen LogP) is 3.77. The number of nitrogens with one attached hydrogen (secondary N) is 2. The third-order valence-electron chi connectivity index (χ3n) is 3.47. The van der Waals surface area contributed by atoms with Crippen LogP contribution in [0.15, 0.2) is 34.6 Å². The fourth-order valence-electron chi connectivity index (χ4n) is 2.22. The zero-order valence-electron chi connectivity index (χ0n) is 15.3.